The maximum atomic E-state index is 13.6. The predicted octanol–water partition coefficient (Wildman–Crippen LogP) is 5.83. The molecule has 2 rings (SSSR count). The molecule has 0 spiro atoms. The second kappa shape index (κ2) is 5.79. The Balaban J connectivity index is 2.45. The minimum absolute atomic E-state index is 0.0104. The van der Waals surface area contributed by atoms with E-state index in [1.165, 1.54) is 6.07 Å². The molecule has 0 unspecified atom stereocenters. The van der Waals surface area contributed by atoms with Crippen LogP contribution in [-0.4, -0.2) is 4.98 Å². The molecule has 0 aliphatic rings. The third-order valence-corrected chi connectivity index (χ3v) is 3.56. The smallest absolute Gasteiger partial charge is 0.151 e. The number of nitrogens with one attached hydrogen (secondary N) is 1. The fourth-order valence-corrected chi connectivity index (χ4v) is 2.26. The van der Waals surface area contributed by atoms with Gasteiger partial charge in [-0.3, -0.25) is 0 Å². The first kappa shape index (κ1) is 14.8. The van der Waals surface area contributed by atoms with Crippen LogP contribution in [0.15, 0.2) is 22.7 Å². The quantitative estimate of drug-likeness (QED) is 0.655. The molecule has 8 heteroatoms. The van der Waals surface area contributed by atoms with E-state index in [9.17, 15) is 8.78 Å². The van der Waals surface area contributed by atoms with Crippen molar-refractivity contribution in [2.75, 3.05) is 5.32 Å². The summed E-state index contributed by atoms with van der Waals surface area (Å²) in [6, 6.07) is 3.54. The number of aromatic nitrogens is 1. The molecule has 1 aromatic carbocycles. The molecule has 19 heavy (non-hydrogen) atoms. The van der Waals surface area contributed by atoms with Crippen molar-refractivity contribution >= 4 is 62.2 Å². The lowest BCUT2D eigenvalue weighted by Crippen LogP contribution is -2.00. The van der Waals surface area contributed by atoms with Crippen LogP contribution >= 0.6 is 50.7 Å². The summed E-state index contributed by atoms with van der Waals surface area (Å²) in [7, 11) is 0. The second-order valence-corrected chi connectivity index (χ2v) is 5.55. The predicted molar refractivity (Wildman–Crippen MR) is 76.6 cm³/mol. The summed E-state index contributed by atoms with van der Waals surface area (Å²) in [6.45, 7) is 0. The van der Waals surface area contributed by atoms with Gasteiger partial charge in [0.2, 0.25) is 0 Å². The van der Waals surface area contributed by atoms with Crippen LogP contribution in [0.2, 0.25) is 15.2 Å². The molecular formula is C11H4BrCl3F2N2. The first-order valence-corrected chi connectivity index (χ1v) is 6.74. The van der Waals surface area contributed by atoms with E-state index in [2.05, 4.69) is 26.2 Å². The van der Waals surface area contributed by atoms with Crippen LogP contribution in [0.25, 0.3) is 0 Å². The molecule has 1 N–H and O–H groups in total. The van der Waals surface area contributed by atoms with Gasteiger partial charge in [-0.05, 0) is 18.2 Å². The minimum atomic E-state index is -0.796. The van der Waals surface area contributed by atoms with Crippen molar-refractivity contribution in [2.24, 2.45) is 0 Å². The molecule has 0 fully saturated rings. The standard InChI is InChI=1S/C11H4BrCl3F2N2/c12-4-1-7(16)9(8(17)2-4)18-11-6(14)3-5(13)10(15)19-11/h1-3H,(H,18,19). The highest BCUT2D eigenvalue weighted by molar-refractivity contribution is 9.10. The first-order chi connectivity index (χ1) is 8.88. The van der Waals surface area contributed by atoms with Crippen molar-refractivity contribution in [3.63, 3.8) is 0 Å². The van der Waals surface area contributed by atoms with Gasteiger partial charge >= 0.3 is 0 Å². The molecule has 2 aromatic rings. The van der Waals surface area contributed by atoms with E-state index < -0.39 is 11.6 Å². The fraction of sp³-hybridized carbons (Fsp3) is 0. The zero-order valence-corrected chi connectivity index (χ0v) is 12.8. The second-order valence-electron chi connectivity index (χ2n) is 3.46. The maximum absolute atomic E-state index is 13.6. The summed E-state index contributed by atoms with van der Waals surface area (Å²) in [5, 5.41) is 2.67. The Morgan fingerprint density at radius 3 is 2.16 bits per heavy atom. The van der Waals surface area contributed by atoms with E-state index >= 15 is 0 Å². The molecule has 0 aliphatic heterocycles. The van der Waals surface area contributed by atoms with E-state index in [1.807, 2.05) is 0 Å². The van der Waals surface area contributed by atoms with E-state index in [1.54, 1.807) is 0 Å². The van der Waals surface area contributed by atoms with Gasteiger partial charge in [0, 0.05) is 4.47 Å². The Morgan fingerprint density at radius 2 is 1.58 bits per heavy atom. The van der Waals surface area contributed by atoms with Crippen LogP contribution in [0, 0.1) is 11.6 Å². The molecule has 100 valence electrons. The van der Waals surface area contributed by atoms with Crippen molar-refractivity contribution in [3.8, 4) is 0 Å². The van der Waals surface area contributed by atoms with Gasteiger partial charge in [0.05, 0.1) is 10.0 Å². The number of pyridine rings is 1. The number of benzene rings is 1. The highest BCUT2D eigenvalue weighted by Gasteiger charge is 2.14. The first-order valence-electron chi connectivity index (χ1n) is 4.81. The Labute approximate surface area is 130 Å². The zero-order chi connectivity index (χ0) is 14.2. The fourth-order valence-electron chi connectivity index (χ4n) is 1.31. The summed E-state index contributed by atoms with van der Waals surface area (Å²) >= 11 is 20.3. The lowest BCUT2D eigenvalue weighted by atomic mass is 10.3. The zero-order valence-electron chi connectivity index (χ0n) is 8.95. The SMILES string of the molecule is Fc1cc(Br)cc(F)c1Nc1nc(Cl)c(Cl)cc1Cl. The van der Waals surface area contributed by atoms with Crippen LogP contribution in [0.5, 0.6) is 0 Å². The van der Waals surface area contributed by atoms with Gasteiger partial charge in [-0.2, -0.15) is 0 Å². The monoisotopic (exact) mass is 386 g/mol. The van der Waals surface area contributed by atoms with Crippen molar-refractivity contribution in [2.45, 2.75) is 0 Å². The van der Waals surface area contributed by atoms with Gasteiger partial charge in [-0.25, -0.2) is 13.8 Å². The lowest BCUT2D eigenvalue weighted by molar-refractivity contribution is 0.589. The molecule has 0 aliphatic carbocycles. The van der Waals surface area contributed by atoms with E-state index in [0.29, 0.717) is 0 Å². The molecule has 2 nitrogen and oxygen atoms in total. The lowest BCUT2D eigenvalue weighted by Gasteiger charge is -2.10. The third kappa shape index (κ3) is 3.28. The molecule has 0 atom stereocenters. The summed E-state index contributed by atoms with van der Waals surface area (Å²) in [5.74, 6) is -1.58. The largest absolute Gasteiger partial charge is 0.334 e. The molecule has 0 amide bonds. The van der Waals surface area contributed by atoms with Crippen molar-refractivity contribution in [1.82, 2.24) is 4.98 Å². The van der Waals surface area contributed by atoms with Crippen LogP contribution in [0.4, 0.5) is 20.3 Å². The number of hydrogen-bond acceptors (Lipinski definition) is 2. The Morgan fingerprint density at radius 1 is 1.00 bits per heavy atom. The summed E-state index contributed by atoms with van der Waals surface area (Å²) < 4.78 is 27.6. The van der Waals surface area contributed by atoms with Crippen LogP contribution < -0.4 is 5.32 Å². The average Bonchev–Trinajstić information content (AvgIpc) is 2.29. The topological polar surface area (TPSA) is 24.9 Å². The number of nitrogens with zero attached hydrogens (tertiary/aromatic N) is 1. The van der Waals surface area contributed by atoms with Gasteiger partial charge in [0.25, 0.3) is 0 Å². The van der Waals surface area contributed by atoms with Crippen molar-refractivity contribution in [1.29, 1.82) is 0 Å². The highest BCUT2D eigenvalue weighted by atomic mass is 79.9. The van der Waals surface area contributed by atoms with Gasteiger partial charge in [-0.15, -0.1) is 0 Å². The normalized spacial score (nSPS) is 10.6. The molecule has 0 saturated carbocycles. The van der Waals surface area contributed by atoms with Crippen LogP contribution in [-0.2, 0) is 0 Å². The molecule has 0 saturated heterocycles. The van der Waals surface area contributed by atoms with Crippen LogP contribution in [0.3, 0.4) is 0 Å². The van der Waals surface area contributed by atoms with Crippen LogP contribution in [0.1, 0.15) is 0 Å². The molecule has 0 radical (unpaired) electrons. The van der Waals surface area contributed by atoms with E-state index in [0.717, 1.165) is 12.1 Å². The van der Waals surface area contributed by atoms with Gasteiger partial charge in [0.15, 0.2) is 17.5 Å². The minimum Gasteiger partial charge on any atom is -0.334 e. The van der Waals surface area contributed by atoms with Crippen molar-refractivity contribution in [3.05, 3.63) is 49.5 Å². The average molecular weight is 388 g/mol. The number of hydrogen-bond donors (Lipinski definition) is 1. The molecule has 1 aromatic heterocycles. The van der Waals surface area contributed by atoms with Gasteiger partial charge < -0.3 is 5.32 Å². The molecular weight excluding hydrogens is 384 g/mol. The maximum Gasteiger partial charge on any atom is 0.151 e. The van der Waals surface area contributed by atoms with Crippen molar-refractivity contribution < 1.29 is 8.78 Å². The van der Waals surface area contributed by atoms with E-state index in [4.69, 9.17) is 34.8 Å². The number of anilines is 2. The number of rotatable bonds is 2. The highest BCUT2D eigenvalue weighted by Crippen LogP contribution is 2.33. The van der Waals surface area contributed by atoms with Gasteiger partial charge in [-0.1, -0.05) is 50.7 Å². The summed E-state index contributed by atoms with van der Waals surface area (Å²) in [5.41, 5.74) is -0.379. The van der Waals surface area contributed by atoms with E-state index in [-0.39, 0.29) is 31.2 Å². The Hall–Kier alpha value is -0.620. The number of halogens is 6. The summed E-state index contributed by atoms with van der Waals surface area (Å²) in [6.07, 6.45) is 0. The molecule has 1 heterocycles. The molecule has 0 bridgehead atoms. The van der Waals surface area contributed by atoms with Gasteiger partial charge in [0.1, 0.15) is 10.8 Å². The summed E-state index contributed by atoms with van der Waals surface area (Å²) in [4.78, 5) is 3.82. The Bertz CT molecular complexity index is 629. The Kier molecular flexibility index (Phi) is 4.50. The third-order valence-electron chi connectivity index (χ3n) is 2.14.